The maximum absolute atomic E-state index is 13.1. The van der Waals surface area contributed by atoms with Crippen LogP contribution in [0.4, 0.5) is 10.1 Å². The standard InChI is InChI=1S/C16H19FN2O2/c1-12(13-9-14(17)11-18-10-13)19-15-3-5-16(6-4-15)21-8-7-20-2/h3-6,9-12,19H,7-8H2,1-2H3. The summed E-state index contributed by atoms with van der Waals surface area (Å²) in [6.07, 6.45) is 2.85. The van der Waals surface area contributed by atoms with Gasteiger partial charge in [0.25, 0.3) is 0 Å². The molecule has 0 aliphatic rings. The second-order valence-electron chi connectivity index (χ2n) is 4.67. The number of halogens is 1. The number of nitrogens with zero attached hydrogens (tertiary/aromatic N) is 1. The lowest BCUT2D eigenvalue weighted by atomic mass is 10.1. The molecule has 0 saturated heterocycles. The molecule has 21 heavy (non-hydrogen) atoms. The van der Waals surface area contributed by atoms with Crippen LogP contribution < -0.4 is 10.1 Å². The van der Waals surface area contributed by atoms with Gasteiger partial charge in [0.05, 0.1) is 18.8 Å². The topological polar surface area (TPSA) is 43.4 Å². The van der Waals surface area contributed by atoms with Crippen molar-refractivity contribution in [3.8, 4) is 5.75 Å². The molecule has 0 amide bonds. The summed E-state index contributed by atoms with van der Waals surface area (Å²) in [5.41, 5.74) is 1.74. The van der Waals surface area contributed by atoms with Crippen LogP contribution >= 0.6 is 0 Å². The van der Waals surface area contributed by atoms with Crippen LogP contribution in [0.1, 0.15) is 18.5 Å². The monoisotopic (exact) mass is 290 g/mol. The van der Waals surface area contributed by atoms with Crippen molar-refractivity contribution in [1.29, 1.82) is 0 Å². The summed E-state index contributed by atoms with van der Waals surface area (Å²) >= 11 is 0. The molecule has 1 atom stereocenters. The lowest BCUT2D eigenvalue weighted by Gasteiger charge is -2.15. The van der Waals surface area contributed by atoms with Gasteiger partial charge in [-0.15, -0.1) is 0 Å². The smallest absolute Gasteiger partial charge is 0.141 e. The predicted octanol–water partition coefficient (Wildman–Crippen LogP) is 3.42. The molecule has 1 aromatic heterocycles. The van der Waals surface area contributed by atoms with Gasteiger partial charge in [-0.3, -0.25) is 4.98 Å². The van der Waals surface area contributed by atoms with Gasteiger partial charge in [-0.1, -0.05) is 0 Å². The molecule has 0 fully saturated rings. The van der Waals surface area contributed by atoms with Gasteiger partial charge in [0.2, 0.25) is 0 Å². The Morgan fingerprint density at radius 1 is 1.19 bits per heavy atom. The molecule has 0 radical (unpaired) electrons. The highest BCUT2D eigenvalue weighted by molar-refractivity contribution is 5.48. The number of nitrogens with one attached hydrogen (secondary N) is 1. The molecule has 5 heteroatoms. The Morgan fingerprint density at radius 3 is 2.62 bits per heavy atom. The van der Waals surface area contributed by atoms with Crippen LogP contribution in [0.25, 0.3) is 0 Å². The fourth-order valence-corrected chi connectivity index (χ4v) is 1.89. The number of methoxy groups -OCH3 is 1. The van der Waals surface area contributed by atoms with Crippen LogP contribution in [-0.4, -0.2) is 25.3 Å². The van der Waals surface area contributed by atoms with Crippen molar-refractivity contribution in [2.24, 2.45) is 0 Å². The highest BCUT2D eigenvalue weighted by atomic mass is 19.1. The third-order valence-corrected chi connectivity index (χ3v) is 3.02. The van der Waals surface area contributed by atoms with Gasteiger partial charge >= 0.3 is 0 Å². The molecule has 112 valence electrons. The van der Waals surface area contributed by atoms with Crippen LogP contribution in [0.15, 0.2) is 42.7 Å². The second kappa shape index (κ2) is 7.59. The van der Waals surface area contributed by atoms with E-state index in [1.54, 1.807) is 13.3 Å². The summed E-state index contributed by atoms with van der Waals surface area (Å²) in [6, 6.07) is 9.06. The minimum absolute atomic E-state index is 0.0338. The average molecular weight is 290 g/mol. The van der Waals surface area contributed by atoms with Gasteiger partial charge in [0, 0.05) is 19.0 Å². The molecule has 0 spiro atoms. The van der Waals surface area contributed by atoms with Crippen LogP contribution in [0.5, 0.6) is 5.75 Å². The van der Waals surface area contributed by atoms with Crippen molar-refractivity contribution in [1.82, 2.24) is 4.98 Å². The summed E-state index contributed by atoms with van der Waals surface area (Å²) in [5.74, 6) is 0.459. The highest BCUT2D eigenvalue weighted by Crippen LogP contribution is 2.21. The Morgan fingerprint density at radius 2 is 1.95 bits per heavy atom. The van der Waals surface area contributed by atoms with Crippen LogP contribution in [-0.2, 0) is 4.74 Å². The zero-order valence-electron chi connectivity index (χ0n) is 12.2. The number of aromatic nitrogens is 1. The van der Waals surface area contributed by atoms with Crippen molar-refractivity contribution < 1.29 is 13.9 Å². The minimum Gasteiger partial charge on any atom is -0.491 e. The van der Waals surface area contributed by atoms with Gasteiger partial charge in [0.1, 0.15) is 18.2 Å². The maximum atomic E-state index is 13.1. The van der Waals surface area contributed by atoms with E-state index < -0.39 is 0 Å². The lowest BCUT2D eigenvalue weighted by molar-refractivity contribution is 0.146. The van der Waals surface area contributed by atoms with E-state index in [1.807, 2.05) is 31.2 Å². The van der Waals surface area contributed by atoms with Crippen LogP contribution in [0.2, 0.25) is 0 Å². The van der Waals surface area contributed by atoms with E-state index in [1.165, 1.54) is 12.3 Å². The van der Waals surface area contributed by atoms with E-state index in [9.17, 15) is 4.39 Å². The number of anilines is 1. The van der Waals surface area contributed by atoms with Crippen molar-refractivity contribution >= 4 is 5.69 Å². The summed E-state index contributed by atoms with van der Waals surface area (Å²) in [5, 5.41) is 3.29. The van der Waals surface area contributed by atoms with Gasteiger partial charge < -0.3 is 14.8 Å². The number of rotatable bonds is 7. The molecule has 1 unspecified atom stereocenters. The third-order valence-electron chi connectivity index (χ3n) is 3.02. The Labute approximate surface area is 123 Å². The molecule has 0 aliphatic heterocycles. The SMILES string of the molecule is COCCOc1ccc(NC(C)c2cncc(F)c2)cc1. The fourth-order valence-electron chi connectivity index (χ4n) is 1.89. The first-order chi connectivity index (χ1) is 10.2. The van der Waals surface area contributed by atoms with Gasteiger partial charge in [-0.25, -0.2) is 4.39 Å². The summed E-state index contributed by atoms with van der Waals surface area (Å²) in [4.78, 5) is 3.86. The van der Waals surface area contributed by atoms with Crippen molar-refractivity contribution in [3.63, 3.8) is 0 Å². The van der Waals surface area contributed by atoms with Crippen LogP contribution in [0, 0.1) is 5.82 Å². The van der Waals surface area contributed by atoms with Gasteiger partial charge in [0.15, 0.2) is 0 Å². The Balaban J connectivity index is 1.93. The van der Waals surface area contributed by atoms with Crippen molar-refractivity contribution in [2.75, 3.05) is 25.6 Å². The van der Waals surface area contributed by atoms with Gasteiger partial charge in [-0.2, -0.15) is 0 Å². The van der Waals surface area contributed by atoms with Crippen molar-refractivity contribution in [3.05, 3.63) is 54.1 Å². The number of benzene rings is 1. The highest BCUT2D eigenvalue weighted by Gasteiger charge is 2.07. The lowest BCUT2D eigenvalue weighted by Crippen LogP contribution is -2.07. The zero-order valence-corrected chi connectivity index (χ0v) is 12.2. The Hall–Kier alpha value is -2.14. The molecule has 2 rings (SSSR count). The first kappa shape index (κ1) is 15.3. The molecule has 1 aromatic carbocycles. The molecule has 1 N–H and O–H groups in total. The molecule has 2 aromatic rings. The van der Waals surface area contributed by atoms with E-state index in [-0.39, 0.29) is 11.9 Å². The molecule has 0 saturated carbocycles. The minimum atomic E-state index is -0.331. The van der Waals surface area contributed by atoms with E-state index in [0.717, 1.165) is 17.0 Å². The van der Waals surface area contributed by atoms with E-state index >= 15 is 0 Å². The molecule has 1 heterocycles. The zero-order chi connectivity index (χ0) is 15.1. The summed E-state index contributed by atoms with van der Waals surface area (Å²) < 4.78 is 23.6. The third kappa shape index (κ3) is 4.72. The van der Waals surface area contributed by atoms with E-state index in [0.29, 0.717) is 13.2 Å². The maximum Gasteiger partial charge on any atom is 0.141 e. The normalized spacial score (nSPS) is 12.0. The first-order valence-corrected chi connectivity index (χ1v) is 6.78. The molecular weight excluding hydrogens is 271 g/mol. The second-order valence-corrected chi connectivity index (χ2v) is 4.67. The number of ether oxygens (including phenoxy) is 2. The molecular formula is C16H19FN2O2. The Bertz CT molecular complexity index is 560. The number of hydrogen-bond donors (Lipinski definition) is 1. The number of hydrogen-bond acceptors (Lipinski definition) is 4. The van der Waals surface area contributed by atoms with Crippen molar-refractivity contribution in [2.45, 2.75) is 13.0 Å². The van der Waals surface area contributed by atoms with Crippen LogP contribution in [0.3, 0.4) is 0 Å². The first-order valence-electron chi connectivity index (χ1n) is 6.78. The quantitative estimate of drug-likeness (QED) is 0.794. The fraction of sp³-hybridized carbons (Fsp3) is 0.312. The molecule has 0 bridgehead atoms. The average Bonchev–Trinajstić information content (AvgIpc) is 2.49. The van der Waals surface area contributed by atoms with Gasteiger partial charge in [-0.05, 0) is 42.8 Å². The Kier molecular flexibility index (Phi) is 5.51. The van der Waals surface area contributed by atoms with E-state index in [2.05, 4.69) is 10.3 Å². The van der Waals surface area contributed by atoms with E-state index in [4.69, 9.17) is 9.47 Å². The largest absolute Gasteiger partial charge is 0.491 e. The molecule has 4 nitrogen and oxygen atoms in total. The number of pyridine rings is 1. The molecule has 0 aliphatic carbocycles. The summed E-state index contributed by atoms with van der Waals surface area (Å²) in [6.45, 7) is 3.04. The predicted molar refractivity (Wildman–Crippen MR) is 80.0 cm³/mol. The summed E-state index contributed by atoms with van der Waals surface area (Å²) in [7, 11) is 1.64.